The topological polar surface area (TPSA) is 77.8 Å². The van der Waals surface area contributed by atoms with Crippen LogP contribution in [0.3, 0.4) is 0 Å². The minimum absolute atomic E-state index is 0.0342. The first kappa shape index (κ1) is 14.8. The average molecular weight is 311 g/mol. The second-order valence-corrected chi connectivity index (χ2v) is 8.09. The van der Waals surface area contributed by atoms with Crippen molar-refractivity contribution >= 4 is 10.0 Å². The lowest BCUT2D eigenvalue weighted by Crippen LogP contribution is -2.54. The summed E-state index contributed by atoms with van der Waals surface area (Å²) >= 11 is 0. The summed E-state index contributed by atoms with van der Waals surface area (Å²) in [6.45, 7) is 0.746. The van der Waals surface area contributed by atoms with Gasteiger partial charge in [0.2, 0.25) is 10.0 Å². The van der Waals surface area contributed by atoms with Crippen molar-refractivity contribution in [3.8, 4) is 5.75 Å². The van der Waals surface area contributed by atoms with Crippen LogP contribution >= 0.6 is 0 Å². The lowest BCUT2D eigenvalue weighted by Gasteiger charge is -2.46. The van der Waals surface area contributed by atoms with Crippen LogP contribution in [0.1, 0.15) is 32.1 Å². The molecule has 2 aliphatic rings. The van der Waals surface area contributed by atoms with Gasteiger partial charge in [-0.1, -0.05) is 12.8 Å². The zero-order chi connectivity index (χ0) is 15.1. The summed E-state index contributed by atoms with van der Waals surface area (Å²) in [5, 5.41) is 19.9. The molecule has 1 saturated heterocycles. The van der Waals surface area contributed by atoms with E-state index >= 15 is 0 Å². The lowest BCUT2D eigenvalue weighted by molar-refractivity contribution is -0.0816. The summed E-state index contributed by atoms with van der Waals surface area (Å²) in [6.07, 6.45) is 4.26. The van der Waals surface area contributed by atoms with E-state index in [1.165, 1.54) is 28.6 Å². The number of phenols is 1. The number of aliphatic hydroxyl groups is 1. The zero-order valence-corrected chi connectivity index (χ0v) is 12.7. The molecular weight excluding hydrogens is 290 g/mol. The minimum atomic E-state index is -3.55. The van der Waals surface area contributed by atoms with Gasteiger partial charge in [-0.25, -0.2) is 8.42 Å². The van der Waals surface area contributed by atoms with Gasteiger partial charge in [-0.05, 0) is 43.5 Å². The zero-order valence-electron chi connectivity index (χ0n) is 11.9. The second kappa shape index (κ2) is 5.26. The molecule has 2 unspecified atom stereocenters. The predicted octanol–water partition coefficient (Wildman–Crippen LogP) is 1.71. The van der Waals surface area contributed by atoms with E-state index in [9.17, 15) is 18.6 Å². The molecule has 116 valence electrons. The highest BCUT2D eigenvalue weighted by atomic mass is 32.2. The van der Waals surface area contributed by atoms with E-state index in [4.69, 9.17) is 0 Å². The first-order valence-electron chi connectivity index (χ1n) is 7.43. The molecule has 2 atom stereocenters. The molecule has 0 bridgehead atoms. The molecule has 2 N–H and O–H groups in total. The van der Waals surface area contributed by atoms with E-state index in [-0.39, 0.29) is 16.6 Å². The molecule has 0 amide bonds. The molecule has 1 aliphatic heterocycles. The number of nitrogens with zero attached hydrogens (tertiary/aromatic N) is 1. The molecule has 1 saturated carbocycles. The van der Waals surface area contributed by atoms with Gasteiger partial charge in [-0.2, -0.15) is 4.31 Å². The Balaban J connectivity index is 1.82. The third kappa shape index (κ3) is 2.67. The van der Waals surface area contributed by atoms with Crippen LogP contribution in [0, 0.1) is 5.92 Å². The van der Waals surface area contributed by atoms with Crippen molar-refractivity contribution in [3.63, 3.8) is 0 Å². The van der Waals surface area contributed by atoms with E-state index in [0.717, 1.165) is 25.7 Å². The fourth-order valence-electron chi connectivity index (χ4n) is 3.53. The molecule has 2 fully saturated rings. The van der Waals surface area contributed by atoms with E-state index in [0.29, 0.717) is 19.5 Å². The Morgan fingerprint density at radius 1 is 1.14 bits per heavy atom. The van der Waals surface area contributed by atoms with Gasteiger partial charge in [-0.15, -0.1) is 0 Å². The van der Waals surface area contributed by atoms with E-state index < -0.39 is 15.6 Å². The van der Waals surface area contributed by atoms with E-state index in [1.807, 2.05) is 0 Å². The number of piperidine rings is 1. The van der Waals surface area contributed by atoms with Crippen LogP contribution in [0.2, 0.25) is 0 Å². The third-order valence-corrected chi connectivity index (χ3v) is 6.74. The van der Waals surface area contributed by atoms with Crippen molar-refractivity contribution in [2.24, 2.45) is 5.92 Å². The molecule has 0 radical (unpaired) electrons. The van der Waals surface area contributed by atoms with Crippen LogP contribution in [0.15, 0.2) is 29.2 Å². The maximum absolute atomic E-state index is 12.6. The summed E-state index contributed by atoms with van der Waals surface area (Å²) in [6, 6.07) is 5.61. The first-order chi connectivity index (χ1) is 9.92. The molecule has 6 heteroatoms. The number of benzene rings is 1. The Labute approximate surface area is 125 Å². The van der Waals surface area contributed by atoms with Crippen LogP contribution in [0.5, 0.6) is 5.75 Å². The maximum Gasteiger partial charge on any atom is 0.243 e. The molecule has 1 aliphatic carbocycles. The monoisotopic (exact) mass is 311 g/mol. The van der Waals surface area contributed by atoms with Crippen molar-refractivity contribution in [1.82, 2.24) is 4.31 Å². The summed E-state index contributed by atoms with van der Waals surface area (Å²) in [5.41, 5.74) is -0.681. The molecule has 0 spiro atoms. The van der Waals surface area contributed by atoms with Crippen molar-refractivity contribution in [1.29, 1.82) is 0 Å². The van der Waals surface area contributed by atoms with Crippen LogP contribution in [0.4, 0.5) is 0 Å². The van der Waals surface area contributed by atoms with Crippen molar-refractivity contribution in [2.45, 2.75) is 42.6 Å². The first-order valence-corrected chi connectivity index (χ1v) is 8.87. The number of hydrogen-bond donors (Lipinski definition) is 2. The second-order valence-electron chi connectivity index (χ2n) is 6.15. The van der Waals surface area contributed by atoms with Gasteiger partial charge in [0.1, 0.15) is 5.75 Å². The lowest BCUT2D eigenvalue weighted by atomic mass is 9.72. The SMILES string of the molecule is O=S(=O)(c1ccc(O)cc1)N1CCC2(O)CCCCC2C1. The van der Waals surface area contributed by atoms with Crippen molar-refractivity contribution in [2.75, 3.05) is 13.1 Å². The standard InChI is InChI=1S/C15H21NO4S/c17-13-4-6-14(7-5-13)21(19,20)16-10-9-15(18)8-2-1-3-12(15)11-16/h4-7,12,17-18H,1-3,8-11H2. The fraction of sp³-hybridized carbons (Fsp3) is 0.600. The van der Waals surface area contributed by atoms with Crippen LogP contribution in [-0.4, -0.2) is 41.6 Å². The number of rotatable bonds is 2. The van der Waals surface area contributed by atoms with Gasteiger partial charge >= 0.3 is 0 Å². The fourth-order valence-corrected chi connectivity index (χ4v) is 5.01. The summed E-state index contributed by atoms with van der Waals surface area (Å²) in [7, 11) is -3.55. The van der Waals surface area contributed by atoms with E-state index in [2.05, 4.69) is 0 Å². The van der Waals surface area contributed by atoms with Crippen LogP contribution < -0.4 is 0 Å². The average Bonchev–Trinajstić information content (AvgIpc) is 2.46. The number of sulfonamides is 1. The van der Waals surface area contributed by atoms with Gasteiger partial charge in [0, 0.05) is 19.0 Å². The smallest absolute Gasteiger partial charge is 0.243 e. The van der Waals surface area contributed by atoms with Gasteiger partial charge in [0.15, 0.2) is 0 Å². The molecule has 0 aromatic heterocycles. The van der Waals surface area contributed by atoms with Crippen LogP contribution in [0.25, 0.3) is 0 Å². The minimum Gasteiger partial charge on any atom is -0.508 e. The summed E-state index contributed by atoms with van der Waals surface area (Å²) < 4.78 is 26.8. The molecule has 21 heavy (non-hydrogen) atoms. The van der Waals surface area contributed by atoms with Crippen LogP contribution in [-0.2, 0) is 10.0 Å². The molecular formula is C15H21NO4S. The third-order valence-electron chi connectivity index (χ3n) is 4.86. The molecule has 1 heterocycles. The Bertz CT molecular complexity index is 613. The number of phenolic OH excluding ortho intramolecular Hbond substituents is 1. The predicted molar refractivity (Wildman–Crippen MR) is 78.4 cm³/mol. The molecule has 1 aromatic rings. The quantitative estimate of drug-likeness (QED) is 0.871. The van der Waals surface area contributed by atoms with Crippen molar-refractivity contribution in [3.05, 3.63) is 24.3 Å². The molecule has 1 aromatic carbocycles. The largest absolute Gasteiger partial charge is 0.508 e. The van der Waals surface area contributed by atoms with Gasteiger partial charge < -0.3 is 10.2 Å². The highest BCUT2D eigenvalue weighted by Crippen LogP contribution is 2.41. The maximum atomic E-state index is 12.6. The molecule has 5 nitrogen and oxygen atoms in total. The van der Waals surface area contributed by atoms with Gasteiger partial charge in [0.05, 0.1) is 10.5 Å². The molecule has 3 rings (SSSR count). The van der Waals surface area contributed by atoms with E-state index in [1.54, 1.807) is 0 Å². The highest BCUT2D eigenvalue weighted by Gasteiger charge is 2.45. The Morgan fingerprint density at radius 3 is 2.57 bits per heavy atom. The number of hydrogen-bond acceptors (Lipinski definition) is 4. The van der Waals surface area contributed by atoms with Crippen molar-refractivity contribution < 1.29 is 18.6 Å². The number of aromatic hydroxyl groups is 1. The van der Waals surface area contributed by atoms with Gasteiger partial charge in [-0.3, -0.25) is 0 Å². The Kier molecular flexibility index (Phi) is 3.71. The number of fused-ring (bicyclic) bond motifs is 1. The summed E-state index contributed by atoms with van der Waals surface area (Å²) in [4.78, 5) is 0.196. The van der Waals surface area contributed by atoms with Gasteiger partial charge in [0.25, 0.3) is 0 Å². The Morgan fingerprint density at radius 2 is 1.86 bits per heavy atom. The summed E-state index contributed by atoms with van der Waals surface area (Å²) in [5.74, 6) is 0.0844. The highest BCUT2D eigenvalue weighted by molar-refractivity contribution is 7.89. The Hall–Kier alpha value is -1.11. The normalized spacial score (nSPS) is 30.8.